The van der Waals surface area contributed by atoms with Gasteiger partial charge in [0.1, 0.15) is 10.0 Å². The van der Waals surface area contributed by atoms with Crippen LogP contribution in [0.5, 0.6) is 0 Å². The fourth-order valence-corrected chi connectivity index (χ4v) is 3.09. The molecule has 1 saturated carbocycles. The maximum atomic E-state index is 6.03. The fraction of sp³-hybridized carbons (Fsp3) is 0.833. The van der Waals surface area contributed by atoms with Gasteiger partial charge in [-0.05, 0) is 38.1 Å². The quantitative estimate of drug-likeness (QED) is 0.843. The molecular formula is C12H20ClN3S. The van der Waals surface area contributed by atoms with Gasteiger partial charge in [0.05, 0.1) is 0 Å². The average molecular weight is 274 g/mol. The number of hydrogen-bond acceptors (Lipinski definition) is 4. The van der Waals surface area contributed by atoms with Crippen molar-refractivity contribution in [3.8, 4) is 0 Å². The zero-order valence-electron chi connectivity index (χ0n) is 10.7. The van der Waals surface area contributed by atoms with E-state index in [0.717, 1.165) is 16.6 Å². The lowest BCUT2D eigenvalue weighted by atomic mass is 9.75. The highest BCUT2D eigenvalue weighted by Gasteiger charge is 2.29. The molecule has 1 aromatic rings. The first kappa shape index (κ1) is 13.2. The Bertz CT molecular complexity index is 368. The van der Waals surface area contributed by atoms with Crippen molar-refractivity contribution >= 4 is 23.1 Å². The van der Waals surface area contributed by atoms with Crippen molar-refractivity contribution in [2.24, 2.45) is 5.41 Å². The molecule has 0 amide bonds. The van der Waals surface area contributed by atoms with E-state index in [4.69, 9.17) is 11.6 Å². The van der Waals surface area contributed by atoms with Crippen molar-refractivity contribution in [3.05, 3.63) is 10.0 Å². The van der Waals surface area contributed by atoms with Crippen molar-refractivity contribution in [3.63, 3.8) is 0 Å². The molecule has 96 valence electrons. The van der Waals surface area contributed by atoms with E-state index in [2.05, 4.69) is 35.4 Å². The van der Waals surface area contributed by atoms with E-state index in [-0.39, 0.29) is 0 Å². The minimum Gasteiger partial charge on any atom is -0.297 e. The third kappa shape index (κ3) is 3.39. The Kier molecular flexibility index (Phi) is 4.06. The number of aromatic nitrogens is 2. The van der Waals surface area contributed by atoms with E-state index in [1.807, 2.05) is 0 Å². The highest BCUT2D eigenvalue weighted by atomic mass is 35.5. The highest BCUT2D eigenvalue weighted by Crippen LogP contribution is 2.37. The number of halogens is 1. The lowest BCUT2D eigenvalue weighted by molar-refractivity contribution is 0.122. The Hall–Kier alpha value is -0.190. The van der Waals surface area contributed by atoms with Gasteiger partial charge in [0.2, 0.25) is 0 Å². The molecular weight excluding hydrogens is 254 g/mol. The summed E-state index contributed by atoms with van der Waals surface area (Å²) >= 11 is 7.31. The zero-order valence-corrected chi connectivity index (χ0v) is 12.3. The molecule has 1 aliphatic rings. The first-order valence-corrected chi connectivity index (χ1v) is 7.30. The van der Waals surface area contributed by atoms with Crippen molar-refractivity contribution in [1.82, 2.24) is 14.5 Å². The van der Waals surface area contributed by atoms with E-state index in [9.17, 15) is 0 Å². The monoisotopic (exact) mass is 273 g/mol. The summed E-state index contributed by atoms with van der Waals surface area (Å²) in [5.41, 5.74) is 1.45. The molecule has 0 bridgehead atoms. The van der Waals surface area contributed by atoms with E-state index in [1.54, 1.807) is 0 Å². The van der Waals surface area contributed by atoms with Crippen LogP contribution in [0.1, 0.15) is 45.2 Å². The third-order valence-electron chi connectivity index (χ3n) is 3.84. The van der Waals surface area contributed by atoms with Gasteiger partial charge in [-0.15, -0.1) is 5.10 Å². The van der Waals surface area contributed by atoms with Gasteiger partial charge in [0.25, 0.3) is 0 Å². The Morgan fingerprint density at radius 3 is 2.59 bits per heavy atom. The second kappa shape index (κ2) is 5.21. The first-order valence-electron chi connectivity index (χ1n) is 6.15. The highest BCUT2D eigenvalue weighted by molar-refractivity contribution is 7.10. The molecule has 2 rings (SSSR count). The number of rotatable bonds is 3. The predicted octanol–water partition coefficient (Wildman–Crippen LogP) is 3.59. The molecule has 0 saturated heterocycles. The van der Waals surface area contributed by atoms with E-state index >= 15 is 0 Å². The van der Waals surface area contributed by atoms with Crippen LogP contribution in [0.3, 0.4) is 0 Å². The summed E-state index contributed by atoms with van der Waals surface area (Å²) in [7, 11) is 2.17. The topological polar surface area (TPSA) is 29.0 Å². The molecule has 0 aromatic carbocycles. The molecule has 1 fully saturated rings. The van der Waals surface area contributed by atoms with Crippen LogP contribution in [0.25, 0.3) is 0 Å². The zero-order chi connectivity index (χ0) is 12.5. The number of nitrogens with zero attached hydrogens (tertiary/aromatic N) is 3. The second-order valence-corrected chi connectivity index (χ2v) is 7.16. The summed E-state index contributed by atoms with van der Waals surface area (Å²) in [5.74, 6) is 0. The predicted molar refractivity (Wildman–Crippen MR) is 72.4 cm³/mol. The first-order chi connectivity index (χ1) is 7.98. The lowest BCUT2D eigenvalue weighted by Gasteiger charge is -2.38. The molecule has 17 heavy (non-hydrogen) atoms. The Morgan fingerprint density at radius 1 is 1.41 bits per heavy atom. The molecule has 0 atom stereocenters. The van der Waals surface area contributed by atoms with Crippen LogP contribution in [0.2, 0.25) is 4.34 Å². The molecule has 1 aliphatic carbocycles. The van der Waals surface area contributed by atoms with Gasteiger partial charge in [-0.2, -0.15) is 0 Å². The summed E-state index contributed by atoms with van der Waals surface area (Å²) in [6.45, 7) is 5.55. The van der Waals surface area contributed by atoms with Crippen LogP contribution in [-0.4, -0.2) is 27.6 Å². The molecule has 0 aliphatic heterocycles. The molecule has 0 N–H and O–H groups in total. The third-order valence-corrected chi connectivity index (χ3v) is 4.82. The van der Waals surface area contributed by atoms with Gasteiger partial charge >= 0.3 is 0 Å². The van der Waals surface area contributed by atoms with Crippen molar-refractivity contribution in [1.29, 1.82) is 0 Å². The van der Waals surface area contributed by atoms with E-state index in [1.165, 1.54) is 37.2 Å². The Morgan fingerprint density at radius 2 is 2.06 bits per heavy atom. The summed E-state index contributed by atoms with van der Waals surface area (Å²) in [6.07, 6.45) is 5.17. The van der Waals surface area contributed by atoms with Crippen LogP contribution in [0, 0.1) is 5.41 Å². The van der Waals surface area contributed by atoms with Gasteiger partial charge in [-0.3, -0.25) is 4.90 Å². The minimum atomic E-state index is 0.525. The molecule has 5 heteroatoms. The largest absolute Gasteiger partial charge is 0.297 e. The van der Waals surface area contributed by atoms with Gasteiger partial charge in [0.15, 0.2) is 0 Å². The molecule has 0 radical (unpaired) electrons. The molecule has 0 spiro atoms. The minimum absolute atomic E-state index is 0.525. The second-order valence-electron chi connectivity index (χ2n) is 5.80. The molecule has 1 heterocycles. The van der Waals surface area contributed by atoms with Crippen LogP contribution in [0.15, 0.2) is 0 Å². The van der Waals surface area contributed by atoms with Gasteiger partial charge in [-0.1, -0.05) is 29.9 Å². The van der Waals surface area contributed by atoms with Crippen LogP contribution < -0.4 is 0 Å². The van der Waals surface area contributed by atoms with Gasteiger partial charge < -0.3 is 0 Å². The van der Waals surface area contributed by atoms with E-state index in [0.29, 0.717) is 11.5 Å². The fourth-order valence-electron chi connectivity index (χ4n) is 2.48. The number of hydrogen-bond donors (Lipinski definition) is 0. The summed E-state index contributed by atoms with van der Waals surface area (Å²) in [4.78, 5) is 2.37. The average Bonchev–Trinajstić information content (AvgIpc) is 2.64. The smallest absolute Gasteiger partial charge is 0.138 e. The summed E-state index contributed by atoms with van der Waals surface area (Å²) < 4.78 is 4.61. The SMILES string of the molecule is CN(Cc1nnsc1Cl)C1CCC(C)(C)CC1. The van der Waals surface area contributed by atoms with Crippen LogP contribution in [0.4, 0.5) is 0 Å². The lowest BCUT2D eigenvalue weighted by Crippen LogP contribution is -2.36. The molecule has 1 aromatic heterocycles. The van der Waals surface area contributed by atoms with Crippen molar-refractivity contribution < 1.29 is 0 Å². The van der Waals surface area contributed by atoms with Crippen molar-refractivity contribution in [2.75, 3.05) is 7.05 Å². The van der Waals surface area contributed by atoms with Crippen LogP contribution in [-0.2, 0) is 6.54 Å². The summed E-state index contributed by atoms with van der Waals surface area (Å²) in [6, 6.07) is 0.667. The van der Waals surface area contributed by atoms with Crippen molar-refractivity contribution in [2.45, 2.75) is 52.1 Å². The standard InChI is InChI=1S/C12H20ClN3S/c1-12(2)6-4-9(5-7-12)16(3)8-10-11(13)17-15-14-10/h9H,4-8H2,1-3H3. The van der Waals surface area contributed by atoms with Gasteiger partial charge in [-0.25, -0.2) is 0 Å². The van der Waals surface area contributed by atoms with E-state index < -0.39 is 0 Å². The Balaban J connectivity index is 1.89. The summed E-state index contributed by atoms with van der Waals surface area (Å²) in [5, 5.41) is 4.07. The molecule has 0 unspecified atom stereocenters. The Labute approximate surface area is 112 Å². The van der Waals surface area contributed by atoms with Crippen LogP contribution >= 0.6 is 23.1 Å². The molecule has 3 nitrogen and oxygen atoms in total. The maximum absolute atomic E-state index is 6.03. The maximum Gasteiger partial charge on any atom is 0.138 e. The normalized spacial score (nSPS) is 21.0. The van der Waals surface area contributed by atoms with Gasteiger partial charge in [0, 0.05) is 24.1 Å².